The van der Waals surface area contributed by atoms with Crippen LogP contribution < -0.4 is 0 Å². The molecule has 0 atom stereocenters. The third kappa shape index (κ3) is 4.95. The summed E-state index contributed by atoms with van der Waals surface area (Å²) in [5, 5.41) is 21.4. The van der Waals surface area contributed by atoms with Crippen LogP contribution in [0.4, 0.5) is 0 Å². The molecule has 0 aromatic heterocycles. The van der Waals surface area contributed by atoms with Crippen LogP contribution in [0.5, 0.6) is 0 Å². The van der Waals surface area contributed by atoms with Crippen LogP contribution in [0.3, 0.4) is 0 Å². The predicted octanol–water partition coefficient (Wildman–Crippen LogP) is 1.58. The Bertz CT molecular complexity index is 330. The predicted molar refractivity (Wildman–Crippen MR) is 56.1 cm³/mol. The van der Waals surface area contributed by atoms with Crippen LogP contribution in [-0.2, 0) is 14.4 Å². The van der Waals surface area contributed by atoms with E-state index in [0.29, 0.717) is 6.42 Å². The fourth-order valence-electron chi connectivity index (χ4n) is 0.863. The maximum absolute atomic E-state index is 11.2. The average Bonchev–Trinajstić information content (AvgIpc) is 2.26. The summed E-state index contributed by atoms with van der Waals surface area (Å²) in [5.41, 5.74) is -0.493. The van der Waals surface area contributed by atoms with Crippen LogP contribution in [0, 0.1) is 5.39 Å². The van der Waals surface area contributed by atoms with Crippen molar-refractivity contribution in [3.63, 3.8) is 0 Å². The van der Waals surface area contributed by atoms with E-state index >= 15 is 0 Å². The average molecular weight is 228 g/mol. The highest BCUT2D eigenvalue weighted by Crippen LogP contribution is 2.10. The van der Waals surface area contributed by atoms with E-state index in [1.54, 1.807) is 6.92 Å². The number of oxime groups is 1. The number of aliphatic hydroxyl groups excluding tert-OH is 1. The monoisotopic (exact) mass is 228 g/mol. The molecule has 16 heavy (non-hydrogen) atoms. The van der Waals surface area contributed by atoms with Crippen LogP contribution >= 0.6 is 0 Å². The highest BCUT2D eigenvalue weighted by Gasteiger charge is 2.29. The SMILES string of the molecule is CCOC(=O)/C([N+]#N)=C(\O)CC/C=N\OC. The van der Waals surface area contributed by atoms with Crippen molar-refractivity contribution in [1.82, 2.24) is 0 Å². The number of hydrogen-bond donors (Lipinski definition) is 1. The fraction of sp³-hybridized carbons (Fsp3) is 0.556. The largest absolute Gasteiger partial charge is 0.505 e. The van der Waals surface area contributed by atoms with Gasteiger partial charge in [-0.2, -0.15) is 0 Å². The van der Waals surface area contributed by atoms with Crippen LogP contribution in [-0.4, -0.2) is 31.0 Å². The lowest BCUT2D eigenvalue weighted by atomic mass is 10.2. The Hall–Kier alpha value is -2.10. The first-order valence-electron chi connectivity index (χ1n) is 4.66. The number of hydrogen-bond acceptors (Lipinski definition) is 6. The smallest absolute Gasteiger partial charge is 0.505 e. The van der Waals surface area contributed by atoms with Crippen molar-refractivity contribution in [3.8, 4) is 0 Å². The molecule has 7 heteroatoms. The summed E-state index contributed by atoms with van der Waals surface area (Å²) in [6.45, 7) is 1.74. The van der Waals surface area contributed by atoms with Gasteiger partial charge in [0.15, 0.2) is 10.7 Å². The van der Waals surface area contributed by atoms with E-state index in [1.165, 1.54) is 13.3 Å². The lowest BCUT2D eigenvalue weighted by Gasteiger charge is -1.95. The Morgan fingerprint density at radius 1 is 1.62 bits per heavy atom. The second kappa shape index (κ2) is 8.23. The molecule has 0 rings (SSSR count). The number of allylic oxidation sites excluding steroid dienone is 1. The van der Waals surface area contributed by atoms with Crippen LogP contribution in [0.1, 0.15) is 19.8 Å². The summed E-state index contributed by atoms with van der Waals surface area (Å²) < 4.78 is 4.57. The van der Waals surface area contributed by atoms with Crippen molar-refractivity contribution in [2.75, 3.05) is 13.7 Å². The molecule has 7 nitrogen and oxygen atoms in total. The van der Waals surface area contributed by atoms with Gasteiger partial charge in [0.1, 0.15) is 7.11 Å². The van der Waals surface area contributed by atoms with Gasteiger partial charge in [0.2, 0.25) is 5.39 Å². The number of carbonyl (C=O) groups excluding carboxylic acids is 1. The van der Waals surface area contributed by atoms with Crippen molar-refractivity contribution < 1.29 is 19.5 Å². The zero-order chi connectivity index (χ0) is 12.4. The first-order chi connectivity index (χ1) is 7.67. The van der Waals surface area contributed by atoms with Gasteiger partial charge in [-0.15, -0.1) is 0 Å². The molecule has 0 aliphatic carbocycles. The number of esters is 1. The molecule has 0 fully saturated rings. The normalized spacial score (nSPS) is 11.8. The zero-order valence-electron chi connectivity index (χ0n) is 9.21. The van der Waals surface area contributed by atoms with Crippen molar-refractivity contribution in [1.29, 1.82) is 5.39 Å². The molecule has 0 saturated heterocycles. The van der Waals surface area contributed by atoms with Crippen LogP contribution in [0.25, 0.3) is 4.98 Å². The van der Waals surface area contributed by atoms with Gasteiger partial charge >= 0.3 is 11.7 Å². The molecule has 0 heterocycles. The molecule has 0 aliphatic rings. The highest BCUT2D eigenvalue weighted by molar-refractivity contribution is 5.90. The van der Waals surface area contributed by atoms with Gasteiger partial charge in [0.05, 0.1) is 6.61 Å². The number of ether oxygens (including phenoxy) is 1. The molecule has 0 aromatic carbocycles. The molecule has 0 spiro atoms. The summed E-state index contributed by atoms with van der Waals surface area (Å²) >= 11 is 0. The van der Waals surface area contributed by atoms with Crippen molar-refractivity contribution in [2.45, 2.75) is 19.8 Å². The number of rotatable bonds is 6. The van der Waals surface area contributed by atoms with Gasteiger partial charge in [-0.05, 0) is 13.3 Å². The van der Waals surface area contributed by atoms with E-state index in [0.717, 1.165) is 0 Å². The maximum atomic E-state index is 11.2. The second-order valence-electron chi connectivity index (χ2n) is 2.63. The Balaban J connectivity index is 4.45. The minimum atomic E-state index is -0.869. The van der Waals surface area contributed by atoms with E-state index in [4.69, 9.17) is 5.39 Å². The zero-order valence-corrected chi connectivity index (χ0v) is 9.21. The van der Waals surface area contributed by atoms with E-state index < -0.39 is 11.7 Å². The molecule has 0 aromatic rings. The third-order valence-corrected chi connectivity index (χ3v) is 1.53. The van der Waals surface area contributed by atoms with Gasteiger partial charge in [-0.25, -0.2) is 4.79 Å². The molecule has 0 unspecified atom stereocenters. The number of carbonyl (C=O) groups is 1. The quantitative estimate of drug-likeness (QED) is 0.186. The third-order valence-electron chi connectivity index (χ3n) is 1.53. The Labute approximate surface area is 93.0 Å². The molecule has 0 aliphatic heterocycles. The molecule has 0 bridgehead atoms. The molecule has 0 saturated carbocycles. The summed E-state index contributed by atoms with van der Waals surface area (Å²) in [5.74, 6) is -1.23. The Morgan fingerprint density at radius 3 is 2.81 bits per heavy atom. The second-order valence-corrected chi connectivity index (χ2v) is 2.63. The summed E-state index contributed by atoms with van der Waals surface area (Å²) in [6, 6.07) is 0. The van der Waals surface area contributed by atoms with Crippen molar-refractivity contribution in [3.05, 3.63) is 16.4 Å². The Kier molecular flexibility index (Phi) is 7.15. The van der Waals surface area contributed by atoms with Gasteiger partial charge in [-0.1, -0.05) is 5.16 Å². The van der Waals surface area contributed by atoms with Crippen LogP contribution in [0.15, 0.2) is 16.6 Å². The van der Waals surface area contributed by atoms with E-state index in [2.05, 4.69) is 19.7 Å². The summed E-state index contributed by atoms with van der Waals surface area (Å²) in [4.78, 5) is 18.2. The topological polar surface area (TPSA) is 96.3 Å². The summed E-state index contributed by atoms with van der Waals surface area (Å²) in [6.07, 6.45) is 1.86. The number of diazo groups is 1. The minimum Gasteiger partial charge on any atom is -0.505 e. The van der Waals surface area contributed by atoms with Gasteiger partial charge in [0.25, 0.3) is 0 Å². The van der Waals surface area contributed by atoms with Gasteiger partial charge in [-0.3, -0.25) is 0 Å². The molecule has 0 radical (unpaired) electrons. The highest BCUT2D eigenvalue weighted by atomic mass is 16.6. The lowest BCUT2D eigenvalue weighted by molar-refractivity contribution is -0.138. The molecule has 88 valence electrons. The standard InChI is InChI=1S/C9H13N3O4/c1-3-16-9(14)8(12-10)7(13)5-4-6-11-15-2/h6H,3-5H2,1-2H3/p+1/b11-6-. The number of nitrogens with zero attached hydrogens (tertiary/aromatic N) is 3. The molecule has 1 N–H and O–H groups in total. The molecule has 0 amide bonds. The maximum Gasteiger partial charge on any atom is 0.505 e. The van der Waals surface area contributed by atoms with E-state index in [1.807, 2.05) is 0 Å². The van der Waals surface area contributed by atoms with Gasteiger partial charge < -0.3 is 14.7 Å². The first kappa shape index (κ1) is 13.9. The van der Waals surface area contributed by atoms with E-state index in [9.17, 15) is 9.90 Å². The summed E-state index contributed by atoms with van der Waals surface area (Å²) in [7, 11) is 1.39. The van der Waals surface area contributed by atoms with Crippen molar-refractivity contribution >= 4 is 12.2 Å². The van der Waals surface area contributed by atoms with Crippen LogP contribution in [0.2, 0.25) is 0 Å². The molecular formula is C9H14N3O4+. The van der Waals surface area contributed by atoms with Crippen molar-refractivity contribution in [2.24, 2.45) is 5.16 Å². The Morgan fingerprint density at radius 2 is 2.31 bits per heavy atom. The molecular weight excluding hydrogens is 214 g/mol. The van der Waals surface area contributed by atoms with E-state index in [-0.39, 0.29) is 18.8 Å². The minimum absolute atomic E-state index is 0.102. The number of aliphatic hydroxyl groups is 1. The van der Waals surface area contributed by atoms with Gasteiger partial charge in [0, 0.05) is 12.6 Å². The fourth-order valence-corrected chi connectivity index (χ4v) is 0.863. The lowest BCUT2D eigenvalue weighted by Crippen LogP contribution is -2.08. The first-order valence-corrected chi connectivity index (χ1v) is 4.66.